The number of aliphatic hydroxyl groups is 1. The minimum Gasteiger partial charge on any atom is -0.394 e. The van der Waals surface area contributed by atoms with Crippen LogP contribution in [0.1, 0.15) is 35.2 Å². The Morgan fingerprint density at radius 3 is 3.16 bits per heavy atom. The Kier molecular flexibility index (Phi) is 3.42. The van der Waals surface area contributed by atoms with Crippen molar-refractivity contribution in [1.29, 1.82) is 0 Å². The molecule has 0 bridgehead atoms. The molecule has 0 radical (unpaired) electrons. The summed E-state index contributed by atoms with van der Waals surface area (Å²) in [5.41, 5.74) is 3.05. The Labute approximate surface area is 113 Å². The molecule has 4 heteroatoms. The van der Waals surface area contributed by atoms with Gasteiger partial charge in [-0.15, -0.1) is 0 Å². The molecule has 0 aromatic heterocycles. The molecule has 2 aliphatic rings. The molecule has 19 heavy (non-hydrogen) atoms. The first-order valence-corrected chi connectivity index (χ1v) is 7.09. The van der Waals surface area contributed by atoms with E-state index in [1.165, 1.54) is 0 Å². The third kappa shape index (κ3) is 2.21. The standard InChI is InChI=1S/C15H20N2O2/c18-10-11-4-3-9-17(11)15(19)13-5-1-7-14-12(13)6-2-8-16-14/h1,5,7,11,16,18H,2-4,6,8-10H2. The summed E-state index contributed by atoms with van der Waals surface area (Å²) in [7, 11) is 0. The number of benzene rings is 1. The van der Waals surface area contributed by atoms with E-state index in [9.17, 15) is 9.90 Å². The van der Waals surface area contributed by atoms with E-state index in [1.54, 1.807) is 0 Å². The van der Waals surface area contributed by atoms with E-state index in [0.29, 0.717) is 0 Å². The molecular weight excluding hydrogens is 240 g/mol. The second kappa shape index (κ2) is 5.21. The summed E-state index contributed by atoms with van der Waals surface area (Å²) < 4.78 is 0. The maximum atomic E-state index is 12.7. The number of nitrogens with one attached hydrogen (secondary N) is 1. The number of aliphatic hydroxyl groups excluding tert-OH is 1. The van der Waals surface area contributed by atoms with Crippen LogP contribution in [-0.4, -0.2) is 41.7 Å². The Morgan fingerprint density at radius 2 is 2.32 bits per heavy atom. The molecule has 1 amide bonds. The number of hydrogen-bond acceptors (Lipinski definition) is 3. The first kappa shape index (κ1) is 12.5. The fourth-order valence-corrected chi connectivity index (χ4v) is 3.16. The lowest BCUT2D eigenvalue weighted by Gasteiger charge is -2.26. The number of nitrogens with zero attached hydrogens (tertiary/aromatic N) is 1. The van der Waals surface area contributed by atoms with Gasteiger partial charge >= 0.3 is 0 Å². The highest BCUT2D eigenvalue weighted by atomic mass is 16.3. The lowest BCUT2D eigenvalue weighted by molar-refractivity contribution is 0.0676. The molecule has 1 unspecified atom stereocenters. The number of fused-ring (bicyclic) bond motifs is 1. The number of carbonyl (C=O) groups excluding carboxylic acids is 1. The van der Waals surface area contributed by atoms with Crippen LogP contribution in [0.5, 0.6) is 0 Å². The van der Waals surface area contributed by atoms with Gasteiger partial charge in [-0.1, -0.05) is 6.07 Å². The summed E-state index contributed by atoms with van der Waals surface area (Å²) in [4.78, 5) is 14.5. The minimum atomic E-state index is -0.0000872. The van der Waals surface area contributed by atoms with Crippen LogP contribution < -0.4 is 5.32 Å². The van der Waals surface area contributed by atoms with Gasteiger partial charge in [-0.2, -0.15) is 0 Å². The van der Waals surface area contributed by atoms with Crippen LogP contribution >= 0.6 is 0 Å². The first-order valence-electron chi connectivity index (χ1n) is 7.09. The molecule has 1 aromatic carbocycles. The van der Waals surface area contributed by atoms with E-state index < -0.39 is 0 Å². The fraction of sp³-hybridized carbons (Fsp3) is 0.533. The van der Waals surface area contributed by atoms with Crippen LogP contribution in [0, 0.1) is 0 Å². The maximum absolute atomic E-state index is 12.7. The average Bonchev–Trinajstić information content (AvgIpc) is 2.94. The Bertz CT molecular complexity index is 487. The SMILES string of the molecule is O=C(c1cccc2c1CCCN2)N1CCCC1CO. The summed E-state index contributed by atoms with van der Waals surface area (Å²) in [5.74, 6) is 0.0806. The van der Waals surface area contributed by atoms with E-state index in [0.717, 1.165) is 55.6 Å². The van der Waals surface area contributed by atoms with Crippen LogP contribution in [0.3, 0.4) is 0 Å². The molecule has 102 valence electrons. The van der Waals surface area contributed by atoms with Gasteiger partial charge in [0.25, 0.3) is 5.91 Å². The van der Waals surface area contributed by atoms with Crippen LogP contribution in [-0.2, 0) is 6.42 Å². The van der Waals surface area contributed by atoms with Crippen molar-refractivity contribution in [3.05, 3.63) is 29.3 Å². The number of carbonyl (C=O) groups is 1. The minimum absolute atomic E-state index is 0.0000872. The van der Waals surface area contributed by atoms with Gasteiger partial charge in [-0.3, -0.25) is 4.79 Å². The molecule has 1 atom stereocenters. The highest BCUT2D eigenvalue weighted by Crippen LogP contribution is 2.28. The van der Waals surface area contributed by atoms with Crippen molar-refractivity contribution in [2.45, 2.75) is 31.7 Å². The zero-order valence-electron chi connectivity index (χ0n) is 11.1. The maximum Gasteiger partial charge on any atom is 0.254 e. The fourth-order valence-electron chi connectivity index (χ4n) is 3.16. The van der Waals surface area contributed by atoms with Crippen molar-refractivity contribution in [3.63, 3.8) is 0 Å². The Balaban J connectivity index is 1.91. The number of rotatable bonds is 2. The molecule has 0 saturated carbocycles. The largest absolute Gasteiger partial charge is 0.394 e. The molecule has 1 fully saturated rings. The van der Waals surface area contributed by atoms with Gasteiger partial charge < -0.3 is 15.3 Å². The van der Waals surface area contributed by atoms with Crippen LogP contribution in [0.4, 0.5) is 5.69 Å². The second-order valence-corrected chi connectivity index (χ2v) is 5.34. The number of hydrogen-bond donors (Lipinski definition) is 2. The molecule has 2 aliphatic heterocycles. The molecular formula is C15H20N2O2. The zero-order valence-corrected chi connectivity index (χ0v) is 11.1. The zero-order chi connectivity index (χ0) is 13.2. The Morgan fingerprint density at radius 1 is 1.42 bits per heavy atom. The third-order valence-electron chi connectivity index (χ3n) is 4.17. The molecule has 4 nitrogen and oxygen atoms in total. The van der Waals surface area contributed by atoms with E-state index in [2.05, 4.69) is 5.32 Å². The summed E-state index contributed by atoms with van der Waals surface area (Å²) in [5, 5.41) is 12.7. The quantitative estimate of drug-likeness (QED) is 0.850. The summed E-state index contributed by atoms with van der Waals surface area (Å²) in [6.07, 6.45) is 3.93. The van der Waals surface area contributed by atoms with Crippen molar-refractivity contribution in [1.82, 2.24) is 4.90 Å². The molecule has 1 saturated heterocycles. The van der Waals surface area contributed by atoms with Gasteiger partial charge in [0.1, 0.15) is 0 Å². The van der Waals surface area contributed by atoms with E-state index in [1.807, 2.05) is 23.1 Å². The molecule has 1 aromatic rings. The predicted octanol–water partition coefficient (Wildman–Crippen LogP) is 1.64. The Hall–Kier alpha value is -1.55. The normalized spacial score (nSPS) is 21.9. The van der Waals surface area contributed by atoms with Crippen molar-refractivity contribution >= 4 is 11.6 Å². The number of anilines is 1. The van der Waals surface area contributed by atoms with E-state index in [4.69, 9.17) is 0 Å². The van der Waals surface area contributed by atoms with Crippen molar-refractivity contribution in [3.8, 4) is 0 Å². The highest BCUT2D eigenvalue weighted by molar-refractivity contribution is 5.97. The first-order chi connectivity index (χ1) is 9.31. The van der Waals surface area contributed by atoms with E-state index >= 15 is 0 Å². The monoisotopic (exact) mass is 260 g/mol. The summed E-state index contributed by atoms with van der Waals surface area (Å²) in [6.45, 7) is 1.81. The van der Waals surface area contributed by atoms with Gasteiger partial charge in [0.2, 0.25) is 0 Å². The average molecular weight is 260 g/mol. The molecule has 0 aliphatic carbocycles. The molecule has 0 spiro atoms. The second-order valence-electron chi connectivity index (χ2n) is 5.34. The van der Waals surface area contributed by atoms with Gasteiger partial charge in [-0.25, -0.2) is 0 Å². The van der Waals surface area contributed by atoms with Gasteiger partial charge in [0, 0.05) is 24.3 Å². The van der Waals surface area contributed by atoms with Crippen molar-refractivity contribution in [2.75, 3.05) is 25.0 Å². The lowest BCUT2D eigenvalue weighted by Crippen LogP contribution is -2.38. The lowest BCUT2D eigenvalue weighted by atomic mass is 9.96. The molecule has 2 heterocycles. The smallest absolute Gasteiger partial charge is 0.254 e. The summed E-state index contributed by atoms with van der Waals surface area (Å²) in [6, 6.07) is 5.90. The van der Waals surface area contributed by atoms with Gasteiger partial charge in [-0.05, 0) is 43.4 Å². The van der Waals surface area contributed by atoms with Crippen molar-refractivity contribution < 1.29 is 9.90 Å². The van der Waals surface area contributed by atoms with Crippen LogP contribution in [0.2, 0.25) is 0 Å². The van der Waals surface area contributed by atoms with Gasteiger partial charge in [0.15, 0.2) is 0 Å². The van der Waals surface area contributed by atoms with Gasteiger partial charge in [0.05, 0.1) is 12.6 Å². The molecule has 2 N–H and O–H groups in total. The number of likely N-dealkylation sites (tertiary alicyclic amines) is 1. The van der Waals surface area contributed by atoms with Crippen LogP contribution in [0.25, 0.3) is 0 Å². The predicted molar refractivity (Wildman–Crippen MR) is 74.4 cm³/mol. The molecule has 3 rings (SSSR count). The third-order valence-corrected chi connectivity index (χ3v) is 4.17. The topological polar surface area (TPSA) is 52.6 Å². The summed E-state index contributed by atoms with van der Waals surface area (Å²) >= 11 is 0. The van der Waals surface area contributed by atoms with Crippen molar-refractivity contribution in [2.24, 2.45) is 0 Å². The van der Waals surface area contributed by atoms with Crippen LogP contribution in [0.15, 0.2) is 18.2 Å². The number of amides is 1. The highest BCUT2D eigenvalue weighted by Gasteiger charge is 2.30. The van der Waals surface area contributed by atoms with E-state index in [-0.39, 0.29) is 18.6 Å².